The Bertz CT molecular complexity index is 1040. The minimum atomic E-state index is -9.38. The van der Waals surface area contributed by atoms with Crippen molar-refractivity contribution in [1.29, 1.82) is 0 Å². The van der Waals surface area contributed by atoms with Gasteiger partial charge in [0, 0.05) is 0 Å². The molecule has 0 aliphatic carbocycles. The Morgan fingerprint density at radius 1 is 0.298 bits per heavy atom. The molecule has 47 heavy (non-hydrogen) atoms. The number of alkyl halides is 23. The molecule has 0 aromatic rings. The van der Waals surface area contributed by atoms with Crippen molar-refractivity contribution in [2.45, 2.75) is 107 Å². The zero-order valence-electron chi connectivity index (χ0n) is 24.5. The van der Waals surface area contributed by atoms with Crippen LogP contribution in [0.5, 0.6) is 0 Å². The summed E-state index contributed by atoms with van der Waals surface area (Å²) in [7, 11) is -5.66. The van der Waals surface area contributed by atoms with Gasteiger partial charge in [0.05, 0.1) is 0 Å². The van der Waals surface area contributed by atoms with Gasteiger partial charge in [0.25, 0.3) is 0 Å². The minimum absolute atomic E-state index is 1.03. The van der Waals surface area contributed by atoms with Crippen molar-refractivity contribution in [1.82, 2.24) is 0 Å². The van der Waals surface area contributed by atoms with E-state index in [-0.39, 0.29) is 0 Å². The molecule has 286 valence electrons. The van der Waals surface area contributed by atoms with Gasteiger partial charge >= 0.3 is 251 Å². The van der Waals surface area contributed by atoms with Gasteiger partial charge in [0.15, 0.2) is 0 Å². The maximum atomic E-state index is 15.6. The van der Waals surface area contributed by atoms with Gasteiger partial charge < -0.3 is 0 Å². The number of halogens is 23. The molecule has 0 aliphatic rings. The van der Waals surface area contributed by atoms with Crippen LogP contribution in [0.2, 0.25) is 0 Å². The summed E-state index contributed by atoms with van der Waals surface area (Å²) in [6.45, 7) is 6.16. The number of hydrogen-bond acceptors (Lipinski definition) is 0. The van der Waals surface area contributed by atoms with E-state index in [1.807, 2.05) is 0 Å². The molecule has 0 fully saturated rings. The molecule has 0 unspecified atom stereocenters. The van der Waals surface area contributed by atoms with Crippen molar-refractivity contribution in [3.8, 4) is 0 Å². The summed E-state index contributed by atoms with van der Waals surface area (Å²) in [4.78, 5) is 0. The fourth-order valence-electron chi connectivity index (χ4n) is 5.07. The Labute approximate surface area is 252 Å². The van der Waals surface area contributed by atoms with Crippen LogP contribution in [0.25, 0.3) is 0 Å². The first-order valence-electron chi connectivity index (χ1n) is 12.8. The molecule has 0 saturated heterocycles. The van der Waals surface area contributed by atoms with Gasteiger partial charge in [-0.15, -0.1) is 0 Å². The second-order valence-electron chi connectivity index (χ2n) is 12.3. The molecule has 0 heterocycles. The van der Waals surface area contributed by atoms with E-state index in [9.17, 15) is 83.4 Å². The Hall–Kier alpha value is -1.18. The van der Waals surface area contributed by atoms with Gasteiger partial charge in [-0.25, -0.2) is 0 Å². The molecule has 24 heteroatoms. The topological polar surface area (TPSA) is 0 Å². The number of rotatable bonds is 16. The summed E-state index contributed by atoms with van der Waals surface area (Å²) >= 11 is 0. The predicted molar refractivity (Wildman–Crippen MR) is 123 cm³/mol. The van der Waals surface area contributed by atoms with E-state index >= 15 is 17.6 Å². The molecule has 0 atom stereocenters. The molecule has 0 nitrogen and oxygen atoms in total. The van der Waals surface area contributed by atoms with Crippen molar-refractivity contribution in [3.05, 3.63) is 0 Å². The van der Waals surface area contributed by atoms with Crippen LogP contribution in [-0.2, 0) is 0 Å². The van der Waals surface area contributed by atoms with E-state index in [0.717, 1.165) is 41.5 Å². The second kappa shape index (κ2) is 12.5. The monoisotopic (exact) mass is 772 g/mol. The zero-order chi connectivity index (χ0) is 38.9. The van der Waals surface area contributed by atoms with Gasteiger partial charge in [0.2, 0.25) is 0 Å². The maximum absolute atomic E-state index is 15.6. The van der Waals surface area contributed by atoms with Crippen LogP contribution >= 0.6 is 7.26 Å². The summed E-state index contributed by atoms with van der Waals surface area (Å²) in [6, 6.07) is 0. The van der Waals surface area contributed by atoms with E-state index in [2.05, 4.69) is 0 Å². The first-order chi connectivity index (χ1) is 20.0. The molecular formula is C23H28F23P. The summed E-state index contributed by atoms with van der Waals surface area (Å²) in [5.41, 5.74) is -6.56. The zero-order valence-corrected chi connectivity index (χ0v) is 25.5. The van der Waals surface area contributed by atoms with Crippen LogP contribution in [0.3, 0.4) is 0 Å². The molecule has 0 aromatic carbocycles. The first-order valence-corrected chi connectivity index (χ1v) is 15.5. The average molecular weight is 772 g/mol. The third-order valence-corrected chi connectivity index (χ3v) is 13.4. The summed E-state index contributed by atoms with van der Waals surface area (Å²) in [5, 5.41) is 0. The van der Waals surface area contributed by atoms with Crippen LogP contribution in [-0.4, -0.2) is 83.6 Å². The quantitative estimate of drug-likeness (QED) is 0.108. The van der Waals surface area contributed by atoms with Crippen molar-refractivity contribution in [2.24, 2.45) is 17.8 Å². The molecule has 0 amide bonds. The van der Waals surface area contributed by atoms with Crippen LogP contribution in [0, 0.1) is 17.8 Å². The fraction of sp³-hybridized carbons (Fsp3) is 1.00. The average Bonchev–Trinajstić information content (AvgIpc) is 2.80. The van der Waals surface area contributed by atoms with Crippen LogP contribution in [0.1, 0.15) is 41.5 Å². The molecular weight excluding hydrogens is 744 g/mol. The molecule has 0 bridgehead atoms. The SMILES string of the molecule is CC(C)C[PH](CC(C)C)(CC(C)C)C(F)(F)C(F)(F)C(F)(F)C(F)(F)C(F)(F)C(F)(F)C(F)(F)C(F)(F)C(F)(F)C(F)(F)C(F)(F)F. The Morgan fingerprint density at radius 3 is 0.638 bits per heavy atom. The third-order valence-electron chi connectivity index (χ3n) is 6.97. The Kier molecular flexibility index (Phi) is 12.2. The van der Waals surface area contributed by atoms with Gasteiger partial charge in [0.1, 0.15) is 0 Å². The van der Waals surface area contributed by atoms with Gasteiger partial charge in [-0.3, -0.25) is 0 Å². The van der Waals surface area contributed by atoms with Crippen molar-refractivity contribution >= 4 is 7.26 Å². The number of hydrogen-bond donors (Lipinski definition) is 0. The van der Waals surface area contributed by atoms with Gasteiger partial charge in [-0.1, -0.05) is 0 Å². The van der Waals surface area contributed by atoms with Gasteiger partial charge in [-0.2, -0.15) is 0 Å². The van der Waals surface area contributed by atoms with E-state index in [0.29, 0.717) is 0 Å². The van der Waals surface area contributed by atoms with Crippen LogP contribution < -0.4 is 0 Å². The second-order valence-corrected chi connectivity index (χ2v) is 16.7. The van der Waals surface area contributed by atoms with Crippen molar-refractivity contribution in [3.63, 3.8) is 0 Å². The van der Waals surface area contributed by atoms with E-state index < -0.39 is 109 Å². The van der Waals surface area contributed by atoms with Crippen LogP contribution in [0.15, 0.2) is 0 Å². The molecule has 0 radical (unpaired) electrons. The molecule has 0 aromatic heterocycles. The summed E-state index contributed by atoms with van der Waals surface area (Å²) < 4.78 is 321. The Balaban J connectivity index is 7.68. The van der Waals surface area contributed by atoms with Crippen molar-refractivity contribution in [2.75, 3.05) is 18.5 Å². The molecule has 0 N–H and O–H groups in total. The Morgan fingerprint density at radius 2 is 0.468 bits per heavy atom. The molecule has 0 spiro atoms. The van der Waals surface area contributed by atoms with E-state index in [1.165, 1.54) is 0 Å². The van der Waals surface area contributed by atoms with Crippen molar-refractivity contribution < 1.29 is 101 Å². The third kappa shape index (κ3) is 6.46. The fourth-order valence-corrected chi connectivity index (χ4v) is 11.8. The first kappa shape index (κ1) is 45.8. The molecule has 0 aliphatic heterocycles. The summed E-state index contributed by atoms with van der Waals surface area (Å²) in [6.07, 6.45) is -11.6. The standard InChI is InChI=1S/C23H28F23P/c1-10(2)7-47(8-11(3)4,9-12(5)6)23(45,46)21(40,41)19(36,37)17(32,33)15(28,29)13(24,25)14(26,27)16(30,31)18(34,35)20(38,39)22(42,43)44/h10-12,47H,7-9H2,1-6H3. The molecule has 0 rings (SSSR count). The van der Waals surface area contributed by atoms with E-state index in [1.54, 1.807) is 0 Å². The molecule has 0 saturated carbocycles. The van der Waals surface area contributed by atoms with E-state index in [4.69, 9.17) is 0 Å². The predicted octanol–water partition coefficient (Wildman–Crippen LogP) is 11.6. The normalized spacial score (nSPS) is 16.9. The van der Waals surface area contributed by atoms with Crippen LogP contribution in [0.4, 0.5) is 101 Å². The summed E-state index contributed by atoms with van der Waals surface area (Å²) in [5.74, 6) is -84.0. The van der Waals surface area contributed by atoms with Gasteiger partial charge in [-0.05, 0) is 0 Å².